The summed E-state index contributed by atoms with van der Waals surface area (Å²) in [7, 11) is 0. The second-order valence-electron chi connectivity index (χ2n) is 6.99. The minimum Gasteiger partial charge on any atom is -0.396 e. The topological polar surface area (TPSA) is 99.4 Å². The Balaban J connectivity index is 1.47. The highest BCUT2D eigenvalue weighted by molar-refractivity contribution is 5.99. The van der Waals surface area contributed by atoms with Gasteiger partial charge in [-0.25, -0.2) is 9.50 Å². The third-order valence-corrected chi connectivity index (χ3v) is 5.36. The summed E-state index contributed by atoms with van der Waals surface area (Å²) in [5, 5.41) is 20.6. The number of aromatic nitrogens is 5. The molecular formula is C19H24N6O2. The number of hydrogen-bond donors (Lipinski definition) is 2. The van der Waals surface area contributed by atoms with Gasteiger partial charge in [0.1, 0.15) is 5.56 Å². The summed E-state index contributed by atoms with van der Waals surface area (Å²) in [5.41, 5.74) is 4.47. The van der Waals surface area contributed by atoms with Crippen LogP contribution in [0.25, 0.3) is 5.65 Å². The molecule has 1 fully saturated rings. The van der Waals surface area contributed by atoms with Crippen molar-refractivity contribution < 1.29 is 9.90 Å². The van der Waals surface area contributed by atoms with Crippen molar-refractivity contribution in [2.75, 3.05) is 19.7 Å². The number of carbonyl (C=O) groups excluding carboxylic acids is 1. The van der Waals surface area contributed by atoms with Gasteiger partial charge in [-0.3, -0.25) is 9.89 Å². The van der Waals surface area contributed by atoms with Gasteiger partial charge in [-0.2, -0.15) is 10.2 Å². The maximum Gasteiger partial charge on any atom is 0.259 e. The van der Waals surface area contributed by atoms with Gasteiger partial charge in [-0.15, -0.1) is 0 Å². The third kappa shape index (κ3) is 3.32. The van der Waals surface area contributed by atoms with Crippen LogP contribution < -0.4 is 0 Å². The highest BCUT2D eigenvalue weighted by Crippen LogP contribution is 2.30. The number of hydrogen-bond acceptors (Lipinski definition) is 5. The molecule has 1 aliphatic rings. The molecule has 142 valence electrons. The molecule has 0 bridgehead atoms. The average Bonchev–Trinajstić information content (AvgIpc) is 3.34. The van der Waals surface area contributed by atoms with Crippen molar-refractivity contribution in [1.29, 1.82) is 0 Å². The molecule has 1 amide bonds. The number of nitrogens with zero attached hydrogens (tertiary/aromatic N) is 5. The van der Waals surface area contributed by atoms with Crippen LogP contribution >= 0.6 is 0 Å². The first kappa shape index (κ1) is 17.7. The Morgan fingerprint density at radius 2 is 2.11 bits per heavy atom. The first-order valence-electron chi connectivity index (χ1n) is 9.45. The number of carbonyl (C=O) groups is 1. The number of aliphatic hydroxyl groups excluding tert-OH is 1. The van der Waals surface area contributed by atoms with Gasteiger partial charge < -0.3 is 10.0 Å². The number of H-pyrrole nitrogens is 1. The summed E-state index contributed by atoms with van der Waals surface area (Å²) in [6.45, 7) is 3.62. The second-order valence-corrected chi connectivity index (χ2v) is 6.99. The third-order valence-electron chi connectivity index (χ3n) is 5.36. The van der Waals surface area contributed by atoms with Crippen LogP contribution in [0.2, 0.25) is 0 Å². The summed E-state index contributed by atoms with van der Waals surface area (Å²) in [4.78, 5) is 19.2. The van der Waals surface area contributed by atoms with E-state index >= 15 is 0 Å². The molecule has 1 saturated heterocycles. The van der Waals surface area contributed by atoms with Crippen molar-refractivity contribution in [1.82, 2.24) is 29.7 Å². The molecule has 0 saturated carbocycles. The van der Waals surface area contributed by atoms with E-state index < -0.39 is 0 Å². The van der Waals surface area contributed by atoms with Crippen molar-refractivity contribution in [2.24, 2.45) is 0 Å². The lowest BCUT2D eigenvalue weighted by Gasteiger charge is -2.31. The maximum absolute atomic E-state index is 13.0. The molecule has 3 aromatic rings. The molecule has 0 spiro atoms. The lowest BCUT2D eigenvalue weighted by molar-refractivity contribution is 0.0713. The van der Waals surface area contributed by atoms with E-state index in [0.29, 0.717) is 36.6 Å². The van der Waals surface area contributed by atoms with Crippen molar-refractivity contribution in [3.8, 4) is 0 Å². The Morgan fingerprint density at radius 1 is 1.30 bits per heavy atom. The van der Waals surface area contributed by atoms with E-state index in [4.69, 9.17) is 5.11 Å². The molecule has 2 N–H and O–H groups in total. The van der Waals surface area contributed by atoms with Crippen molar-refractivity contribution >= 4 is 11.6 Å². The first-order chi connectivity index (χ1) is 13.2. The zero-order valence-corrected chi connectivity index (χ0v) is 15.4. The molecule has 0 radical (unpaired) electrons. The number of rotatable bonds is 5. The molecule has 0 aromatic carbocycles. The summed E-state index contributed by atoms with van der Waals surface area (Å²) in [6, 6.07) is 0. The van der Waals surface area contributed by atoms with Crippen LogP contribution in [-0.4, -0.2) is 60.4 Å². The molecule has 0 atom stereocenters. The normalized spacial score (nSPS) is 15.6. The number of amides is 1. The Hall–Kier alpha value is -2.74. The predicted octanol–water partition coefficient (Wildman–Crippen LogP) is 1.57. The molecular weight excluding hydrogens is 344 g/mol. The van der Waals surface area contributed by atoms with Gasteiger partial charge in [-0.1, -0.05) is 6.92 Å². The standard InChI is InChI=1S/C19H24N6O2/c1-2-14-10-21-23-17(14)15-3-6-24(7-4-15)19(27)16-11-22-25-12-13(5-8-26)9-20-18(16)25/h9-12,15,26H,2-8H2,1H3,(H,21,23). The monoisotopic (exact) mass is 368 g/mol. The number of likely N-dealkylation sites (tertiary alicyclic amines) is 1. The lowest BCUT2D eigenvalue weighted by Crippen LogP contribution is -2.38. The molecule has 0 aliphatic carbocycles. The van der Waals surface area contributed by atoms with E-state index in [0.717, 1.165) is 24.8 Å². The number of fused-ring (bicyclic) bond motifs is 1. The molecule has 0 unspecified atom stereocenters. The van der Waals surface area contributed by atoms with E-state index in [1.165, 1.54) is 11.3 Å². The second kappa shape index (κ2) is 7.48. The Labute approximate surface area is 157 Å². The fourth-order valence-corrected chi connectivity index (χ4v) is 3.82. The van der Waals surface area contributed by atoms with Crippen LogP contribution in [0, 0.1) is 0 Å². The largest absolute Gasteiger partial charge is 0.396 e. The summed E-state index contributed by atoms with van der Waals surface area (Å²) in [6.07, 6.45) is 10.3. The average molecular weight is 368 g/mol. The van der Waals surface area contributed by atoms with Gasteiger partial charge in [0.15, 0.2) is 5.65 Å². The smallest absolute Gasteiger partial charge is 0.259 e. The van der Waals surface area contributed by atoms with E-state index in [9.17, 15) is 4.79 Å². The minimum absolute atomic E-state index is 0.0221. The zero-order chi connectivity index (χ0) is 18.8. The molecule has 1 aliphatic heterocycles. The van der Waals surface area contributed by atoms with Crippen LogP contribution in [0.15, 0.2) is 24.8 Å². The van der Waals surface area contributed by atoms with Gasteiger partial charge in [0.2, 0.25) is 0 Å². The van der Waals surface area contributed by atoms with Gasteiger partial charge in [0, 0.05) is 43.7 Å². The van der Waals surface area contributed by atoms with Crippen LogP contribution in [0.5, 0.6) is 0 Å². The van der Waals surface area contributed by atoms with Crippen LogP contribution in [-0.2, 0) is 12.8 Å². The Morgan fingerprint density at radius 3 is 2.85 bits per heavy atom. The van der Waals surface area contributed by atoms with Crippen molar-refractivity contribution in [2.45, 2.75) is 38.5 Å². The minimum atomic E-state index is -0.0221. The van der Waals surface area contributed by atoms with Gasteiger partial charge >= 0.3 is 0 Å². The van der Waals surface area contributed by atoms with Crippen molar-refractivity contribution in [3.63, 3.8) is 0 Å². The number of aliphatic hydroxyl groups is 1. The van der Waals surface area contributed by atoms with E-state index in [1.807, 2.05) is 17.3 Å². The molecule has 3 aromatic heterocycles. The van der Waals surface area contributed by atoms with Crippen LogP contribution in [0.1, 0.15) is 52.9 Å². The van der Waals surface area contributed by atoms with Crippen molar-refractivity contribution in [3.05, 3.63) is 47.2 Å². The Kier molecular flexibility index (Phi) is 4.89. The Bertz CT molecular complexity index is 939. The number of aryl methyl sites for hydroxylation is 1. The quantitative estimate of drug-likeness (QED) is 0.712. The highest BCUT2D eigenvalue weighted by Gasteiger charge is 2.28. The number of piperidine rings is 1. The van der Waals surface area contributed by atoms with E-state index in [-0.39, 0.29) is 12.5 Å². The summed E-state index contributed by atoms with van der Waals surface area (Å²) in [5.74, 6) is 0.403. The van der Waals surface area contributed by atoms with E-state index in [1.54, 1.807) is 16.9 Å². The predicted molar refractivity (Wildman–Crippen MR) is 99.6 cm³/mol. The SMILES string of the molecule is CCc1cn[nH]c1C1CCN(C(=O)c2cnn3cc(CCO)cnc23)CC1. The van der Waals surface area contributed by atoms with Gasteiger partial charge in [0.25, 0.3) is 5.91 Å². The number of nitrogens with one attached hydrogen (secondary N) is 1. The van der Waals surface area contributed by atoms with Gasteiger partial charge in [0.05, 0.1) is 12.4 Å². The maximum atomic E-state index is 13.0. The fraction of sp³-hybridized carbons (Fsp3) is 0.474. The zero-order valence-electron chi connectivity index (χ0n) is 15.4. The fourth-order valence-electron chi connectivity index (χ4n) is 3.82. The molecule has 27 heavy (non-hydrogen) atoms. The van der Waals surface area contributed by atoms with Crippen LogP contribution in [0.4, 0.5) is 0 Å². The number of aromatic amines is 1. The lowest BCUT2D eigenvalue weighted by atomic mass is 9.90. The summed E-state index contributed by atoms with van der Waals surface area (Å²) >= 11 is 0. The molecule has 8 heteroatoms. The van der Waals surface area contributed by atoms with E-state index in [2.05, 4.69) is 27.2 Å². The first-order valence-corrected chi connectivity index (χ1v) is 9.45. The molecule has 4 rings (SSSR count). The van der Waals surface area contributed by atoms with Gasteiger partial charge in [-0.05, 0) is 36.8 Å². The highest BCUT2D eigenvalue weighted by atomic mass is 16.3. The molecule has 4 heterocycles. The summed E-state index contributed by atoms with van der Waals surface area (Å²) < 4.78 is 1.61. The van der Waals surface area contributed by atoms with Crippen LogP contribution in [0.3, 0.4) is 0 Å². The molecule has 8 nitrogen and oxygen atoms in total.